The van der Waals surface area contributed by atoms with E-state index in [0.717, 1.165) is 30.6 Å². The van der Waals surface area contributed by atoms with E-state index < -0.39 is 5.97 Å². The van der Waals surface area contributed by atoms with Crippen molar-refractivity contribution in [3.05, 3.63) is 46.3 Å². The molecule has 24 heavy (non-hydrogen) atoms. The van der Waals surface area contributed by atoms with Gasteiger partial charge in [-0.25, -0.2) is 14.8 Å². The molecule has 2 rings (SSSR count). The molecular formula is C17H18Cl2N2O2S. The van der Waals surface area contributed by atoms with E-state index in [1.807, 2.05) is 30.3 Å². The minimum absolute atomic E-state index is 0.00192. The summed E-state index contributed by atoms with van der Waals surface area (Å²) in [6.45, 7) is 2.48. The van der Waals surface area contributed by atoms with Gasteiger partial charge in [-0.05, 0) is 30.2 Å². The van der Waals surface area contributed by atoms with Crippen LogP contribution in [0.3, 0.4) is 0 Å². The van der Waals surface area contributed by atoms with Gasteiger partial charge in [0.25, 0.3) is 0 Å². The Morgan fingerprint density at radius 2 is 1.88 bits per heavy atom. The Morgan fingerprint density at radius 3 is 2.58 bits per heavy atom. The second-order valence-corrected chi connectivity index (χ2v) is 6.83. The highest BCUT2D eigenvalue weighted by Gasteiger charge is 2.22. The lowest BCUT2D eigenvalue weighted by Gasteiger charge is -2.10. The van der Waals surface area contributed by atoms with E-state index >= 15 is 0 Å². The standard InChI is InChI=1S/C17H18Cl2N2O2S/c1-2-3-4-8-11-23-16(22)13-14(18)20-17(19)21-15(13)24-12-9-6-5-7-10-12/h5-7,9-10H,2-4,8,11H2,1H3. The fourth-order valence-electron chi connectivity index (χ4n) is 2.00. The molecule has 0 unspecified atom stereocenters. The smallest absolute Gasteiger partial charge is 0.344 e. The third-order valence-electron chi connectivity index (χ3n) is 3.20. The van der Waals surface area contributed by atoms with Crippen molar-refractivity contribution in [2.45, 2.75) is 42.5 Å². The number of hydrogen-bond acceptors (Lipinski definition) is 5. The van der Waals surface area contributed by atoms with E-state index in [9.17, 15) is 4.79 Å². The van der Waals surface area contributed by atoms with E-state index in [2.05, 4.69) is 16.9 Å². The fraction of sp³-hybridized carbons (Fsp3) is 0.353. The van der Waals surface area contributed by atoms with Gasteiger partial charge in [0, 0.05) is 4.90 Å². The number of ether oxygens (including phenoxy) is 1. The molecule has 128 valence electrons. The molecule has 0 radical (unpaired) electrons. The summed E-state index contributed by atoms with van der Waals surface area (Å²) in [7, 11) is 0. The summed E-state index contributed by atoms with van der Waals surface area (Å²) in [4.78, 5) is 21.3. The number of benzene rings is 1. The van der Waals surface area contributed by atoms with Crippen LogP contribution in [0.2, 0.25) is 10.4 Å². The zero-order valence-electron chi connectivity index (χ0n) is 13.3. The van der Waals surface area contributed by atoms with Gasteiger partial charge in [-0.3, -0.25) is 0 Å². The number of carbonyl (C=O) groups excluding carboxylic acids is 1. The van der Waals surface area contributed by atoms with Gasteiger partial charge in [-0.2, -0.15) is 0 Å². The Morgan fingerprint density at radius 1 is 1.12 bits per heavy atom. The zero-order valence-corrected chi connectivity index (χ0v) is 15.6. The van der Waals surface area contributed by atoms with Gasteiger partial charge in [-0.1, -0.05) is 67.7 Å². The van der Waals surface area contributed by atoms with Crippen LogP contribution in [-0.4, -0.2) is 22.5 Å². The number of aromatic nitrogens is 2. The molecule has 1 aromatic carbocycles. The van der Waals surface area contributed by atoms with Gasteiger partial charge in [0.2, 0.25) is 5.28 Å². The van der Waals surface area contributed by atoms with Crippen LogP contribution in [-0.2, 0) is 4.74 Å². The summed E-state index contributed by atoms with van der Waals surface area (Å²) >= 11 is 13.3. The molecule has 0 saturated heterocycles. The maximum absolute atomic E-state index is 12.4. The molecule has 0 fully saturated rings. The minimum Gasteiger partial charge on any atom is -0.462 e. The average molecular weight is 385 g/mol. The molecule has 0 amide bonds. The quantitative estimate of drug-likeness (QED) is 0.254. The van der Waals surface area contributed by atoms with Crippen LogP contribution < -0.4 is 0 Å². The topological polar surface area (TPSA) is 52.1 Å². The molecule has 0 spiro atoms. The molecule has 4 nitrogen and oxygen atoms in total. The molecule has 1 aromatic heterocycles. The van der Waals surface area contributed by atoms with Crippen molar-refractivity contribution in [2.24, 2.45) is 0 Å². The van der Waals surface area contributed by atoms with Crippen molar-refractivity contribution in [1.82, 2.24) is 9.97 Å². The Bertz CT molecular complexity index is 684. The summed E-state index contributed by atoms with van der Waals surface area (Å²) < 4.78 is 5.31. The van der Waals surface area contributed by atoms with Gasteiger partial charge in [0.15, 0.2) is 0 Å². The summed E-state index contributed by atoms with van der Waals surface area (Å²) in [5.74, 6) is -0.522. The van der Waals surface area contributed by atoms with Crippen molar-refractivity contribution in [3.8, 4) is 0 Å². The molecule has 0 aliphatic carbocycles. The third kappa shape index (κ3) is 5.65. The first-order chi connectivity index (χ1) is 11.6. The monoisotopic (exact) mass is 384 g/mol. The summed E-state index contributed by atoms with van der Waals surface area (Å²) in [5, 5.41) is 0.398. The van der Waals surface area contributed by atoms with Crippen LogP contribution in [0.4, 0.5) is 0 Å². The Balaban J connectivity index is 2.14. The predicted molar refractivity (Wildman–Crippen MR) is 97.0 cm³/mol. The average Bonchev–Trinajstić information content (AvgIpc) is 2.55. The van der Waals surface area contributed by atoms with Crippen molar-refractivity contribution < 1.29 is 9.53 Å². The number of nitrogens with zero attached hydrogens (tertiary/aromatic N) is 2. The van der Waals surface area contributed by atoms with Crippen LogP contribution >= 0.6 is 35.0 Å². The molecule has 2 aromatic rings. The molecule has 0 aliphatic rings. The van der Waals surface area contributed by atoms with Gasteiger partial charge in [0.1, 0.15) is 15.7 Å². The molecule has 7 heteroatoms. The second-order valence-electron chi connectivity index (χ2n) is 5.08. The number of unbranched alkanes of at least 4 members (excludes halogenated alkanes) is 3. The number of carbonyl (C=O) groups is 1. The van der Waals surface area contributed by atoms with Gasteiger partial charge < -0.3 is 4.74 Å². The lowest BCUT2D eigenvalue weighted by atomic mass is 10.2. The first kappa shape index (κ1) is 19.0. The molecule has 0 N–H and O–H groups in total. The van der Waals surface area contributed by atoms with E-state index in [4.69, 9.17) is 27.9 Å². The normalized spacial score (nSPS) is 10.6. The minimum atomic E-state index is -0.522. The molecule has 0 atom stereocenters. The number of esters is 1. The SMILES string of the molecule is CCCCCCOC(=O)c1c(Cl)nc(Cl)nc1Sc1ccccc1. The van der Waals surface area contributed by atoms with Crippen LogP contribution in [0.25, 0.3) is 0 Å². The van der Waals surface area contributed by atoms with E-state index in [-0.39, 0.29) is 16.0 Å². The van der Waals surface area contributed by atoms with Crippen molar-refractivity contribution >= 4 is 40.9 Å². The number of hydrogen-bond donors (Lipinski definition) is 0. The van der Waals surface area contributed by atoms with Crippen LogP contribution in [0.15, 0.2) is 40.3 Å². The molecular weight excluding hydrogens is 367 g/mol. The van der Waals surface area contributed by atoms with Crippen LogP contribution in [0, 0.1) is 0 Å². The highest BCUT2D eigenvalue weighted by molar-refractivity contribution is 7.99. The Labute approximate surface area is 155 Å². The highest BCUT2D eigenvalue weighted by atomic mass is 35.5. The van der Waals surface area contributed by atoms with E-state index in [1.54, 1.807) is 0 Å². The van der Waals surface area contributed by atoms with Gasteiger partial charge in [0.05, 0.1) is 6.61 Å². The third-order valence-corrected chi connectivity index (χ3v) is 4.64. The predicted octanol–water partition coefficient (Wildman–Crippen LogP) is 5.67. The highest BCUT2D eigenvalue weighted by Crippen LogP contribution is 2.33. The van der Waals surface area contributed by atoms with E-state index in [1.165, 1.54) is 11.8 Å². The number of rotatable bonds is 8. The summed E-state index contributed by atoms with van der Waals surface area (Å²) in [6.07, 6.45) is 4.10. The zero-order chi connectivity index (χ0) is 17.4. The fourth-order valence-corrected chi connectivity index (χ4v) is 3.50. The largest absolute Gasteiger partial charge is 0.462 e. The number of halogens is 2. The Kier molecular flexibility index (Phi) is 7.82. The molecule has 0 bridgehead atoms. The molecule has 0 saturated carbocycles. The van der Waals surface area contributed by atoms with E-state index in [0.29, 0.717) is 11.6 Å². The summed E-state index contributed by atoms with van der Waals surface area (Å²) in [6, 6.07) is 9.54. The lowest BCUT2D eigenvalue weighted by molar-refractivity contribution is 0.0492. The summed E-state index contributed by atoms with van der Waals surface area (Å²) in [5.41, 5.74) is 0.158. The second kappa shape index (κ2) is 9.87. The first-order valence-corrected chi connectivity index (χ1v) is 9.32. The molecule has 0 aliphatic heterocycles. The Hall–Kier alpha value is -1.30. The van der Waals surface area contributed by atoms with Crippen LogP contribution in [0.5, 0.6) is 0 Å². The van der Waals surface area contributed by atoms with Gasteiger partial charge >= 0.3 is 5.97 Å². The van der Waals surface area contributed by atoms with Crippen LogP contribution in [0.1, 0.15) is 43.0 Å². The van der Waals surface area contributed by atoms with Gasteiger partial charge in [-0.15, -0.1) is 0 Å². The maximum atomic E-state index is 12.4. The maximum Gasteiger partial charge on any atom is 0.344 e. The van der Waals surface area contributed by atoms with Crippen molar-refractivity contribution in [1.29, 1.82) is 0 Å². The first-order valence-electron chi connectivity index (χ1n) is 7.75. The van der Waals surface area contributed by atoms with Crippen molar-refractivity contribution in [3.63, 3.8) is 0 Å². The molecule has 1 heterocycles. The lowest BCUT2D eigenvalue weighted by Crippen LogP contribution is -2.11. The van der Waals surface area contributed by atoms with Crippen molar-refractivity contribution in [2.75, 3.05) is 6.61 Å².